The molecule has 0 fully saturated rings. The number of carbonyl (C=O) groups excluding carboxylic acids is 1. The van der Waals surface area contributed by atoms with E-state index in [0.29, 0.717) is 12.1 Å². The van der Waals surface area contributed by atoms with Gasteiger partial charge in [0.05, 0.1) is 11.4 Å². The summed E-state index contributed by atoms with van der Waals surface area (Å²) in [6.07, 6.45) is 4.94. The lowest BCUT2D eigenvalue weighted by atomic mass is 10.2. The standard InChI is InChI=1S/C19H19N5O/c1-13-11-21-14(2)18(23-13)22-12-15-4-3-5-17(10-15)24-19(25)16-6-8-20-9-7-16/h3-11H,12H2,1-2H3,(H,22,23)(H,24,25). The number of hydrogen-bond donors (Lipinski definition) is 2. The lowest BCUT2D eigenvalue weighted by Crippen LogP contribution is -2.12. The minimum atomic E-state index is -0.159. The van der Waals surface area contributed by atoms with Gasteiger partial charge in [-0.15, -0.1) is 0 Å². The van der Waals surface area contributed by atoms with E-state index in [0.717, 1.165) is 28.5 Å². The summed E-state index contributed by atoms with van der Waals surface area (Å²) in [6, 6.07) is 11.1. The van der Waals surface area contributed by atoms with Crippen molar-refractivity contribution < 1.29 is 4.79 Å². The molecule has 2 aromatic heterocycles. The van der Waals surface area contributed by atoms with Crippen LogP contribution in [0.1, 0.15) is 27.3 Å². The third-order valence-corrected chi connectivity index (χ3v) is 3.66. The lowest BCUT2D eigenvalue weighted by Gasteiger charge is -2.10. The Morgan fingerprint density at radius 1 is 1.12 bits per heavy atom. The molecular weight excluding hydrogens is 314 g/mol. The van der Waals surface area contributed by atoms with Gasteiger partial charge in [0.15, 0.2) is 0 Å². The van der Waals surface area contributed by atoms with Crippen LogP contribution in [-0.4, -0.2) is 20.9 Å². The molecule has 2 N–H and O–H groups in total. The normalized spacial score (nSPS) is 10.3. The molecule has 0 aliphatic heterocycles. The number of nitrogens with one attached hydrogen (secondary N) is 2. The van der Waals surface area contributed by atoms with Crippen LogP contribution in [0.25, 0.3) is 0 Å². The summed E-state index contributed by atoms with van der Waals surface area (Å²) >= 11 is 0. The average Bonchev–Trinajstić information content (AvgIpc) is 2.63. The van der Waals surface area contributed by atoms with Crippen molar-refractivity contribution in [2.45, 2.75) is 20.4 Å². The summed E-state index contributed by atoms with van der Waals surface area (Å²) in [6.45, 7) is 4.42. The summed E-state index contributed by atoms with van der Waals surface area (Å²) < 4.78 is 0. The molecular formula is C19H19N5O. The van der Waals surface area contributed by atoms with Gasteiger partial charge in [0.2, 0.25) is 0 Å². The predicted molar refractivity (Wildman–Crippen MR) is 97.5 cm³/mol. The van der Waals surface area contributed by atoms with Crippen molar-refractivity contribution in [2.75, 3.05) is 10.6 Å². The highest BCUT2D eigenvalue weighted by molar-refractivity contribution is 6.04. The molecule has 3 aromatic rings. The highest BCUT2D eigenvalue weighted by atomic mass is 16.1. The van der Waals surface area contributed by atoms with Gasteiger partial charge in [0.25, 0.3) is 5.91 Å². The van der Waals surface area contributed by atoms with Gasteiger partial charge in [-0.1, -0.05) is 12.1 Å². The monoisotopic (exact) mass is 333 g/mol. The molecule has 3 rings (SSSR count). The fraction of sp³-hybridized carbons (Fsp3) is 0.158. The number of benzene rings is 1. The predicted octanol–water partition coefficient (Wildman–Crippen LogP) is 3.35. The Morgan fingerprint density at radius 2 is 1.92 bits per heavy atom. The van der Waals surface area contributed by atoms with Crippen molar-refractivity contribution >= 4 is 17.4 Å². The van der Waals surface area contributed by atoms with Gasteiger partial charge in [-0.25, -0.2) is 4.98 Å². The molecule has 0 saturated heterocycles. The van der Waals surface area contributed by atoms with Crippen molar-refractivity contribution in [3.05, 3.63) is 77.5 Å². The molecule has 0 spiro atoms. The van der Waals surface area contributed by atoms with E-state index in [2.05, 4.69) is 25.6 Å². The van der Waals surface area contributed by atoms with Gasteiger partial charge in [-0.3, -0.25) is 14.8 Å². The highest BCUT2D eigenvalue weighted by Gasteiger charge is 2.06. The number of pyridine rings is 1. The van der Waals surface area contributed by atoms with Crippen LogP contribution in [0.4, 0.5) is 11.5 Å². The Hall–Kier alpha value is -3.28. The molecule has 6 nitrogen and oxygen atoms in total. The first-order valence-electron chi connectivity index (χ1n) is 7.96. The van der Waals surface area contributed by atoms with E-state index in [1.807, 2.05) is 38.1 Å². The lowest BCUT2D eigenvalue weighted by molar-refractivity contribution is 0.102. The second-order valence-electron chi connectivity index (χ2n) is 5.69. The van der Waals surface area contributed by atoms with Gasteiger partial charge in [-0.2, -0.15) is 0 Å². The van der Waals surface area contributed by atoms with Crippen molar-refractivity contribution in [1.82, 2.24) is 15.0 Å². The van der Waals surface area contributed by atoms with Crippen molar-refractivity contribution in [3.8, 4) is 0 Å². The van der Waals surface area contributed by atoms with Crippen LogP contribution in [0.5, 0.6) is 0 Å². The number of nitrogens with zero attached hydrogens (tertiary/aromatic N) is 3. The molecule has 0 aliphatic rings. The molecule has 0 bridgehead atoms. The van der Waals surface area contributed by atoms with E-state index in [-0.39, 0.29) is 5.91 Å². The van der Waals surface area contributed by atoms with E-state index < -0.39 is 0 Å². The molecule has 0 atom stereocenters. The quantitative estimate of drug-likeness (QED) is 0.748. The summed E-state index contributed by atoms with van der Waals surface area (Å²) in [5.74, 6) is 0.610. The molecule has 126 valence electrons. The van der Waals surface area contributed by atoms with Crippen LogP contribution < -0.4 is 10.6 Å². The van der Waals surface area contributed by atoms with Gasteiger partial charge >= 0.3 is 0 Å². The van der Waals surface area contributed by atoms with E-state index >= 15 is 0 Å². The van der Waals surface area contributed by atoms with Crippen LogP contribution in [0, 0.1) is 13.8 Å². The number of carbonyl (C=O) groups is 1. The first-order chi connectivity index (χ1) is 12.1. The zero-order valence-electron chi connectivity index (χ0n) is 14.2. The number of hydrogen-bond acceptors (Lipinski definition) is 5. The van der Waals surface area contributed by atoms with E-state index in [9.17, 15) is 4.79 Å². The first kappa shape index (κ1) is 16.6. The summed E-state index contributed by atoms with van der Waals surface area (Å²) in [4.78, 5) is 24.9. The number of rotatable bonds is 5. The Kier molecular flexibility index (Phi) is 4.99. The molecule has 0 unspecified atom stereocenters. The molecule has 6 heteroatoms. The Morgan fingerprint density at radius 3 is 2.72 bits per heavy atom. The average molecular weight is 333 g/mol. The maximum absolute atomic E-state index is 12.2. The summed E-state index contributed by atoms with van der Waals surface area (Å²) in [5.41, 5.74) is 4.08. The zero-order chi connectivity index (χ0) is 17.6. The Bertz CT molecular complexity index is 880. The van der Waals surface area contributed by atoms with E-state index in [1.54, 1.807) is 30.7 Å². The topological polar surface area (TPSA) is 79.8 Å². The molecule has 0 saturated carbocycles. The fourth-order valence-corrected chi connectivity index (χ4v) is 2.36. The summed E-state index contributed by atoms with van der Waals surface area (Å²) in [5, 5.41) is 6.18. The van der Waals surface area contributed by atoms with Gasteiger partial charge < -0.3 is 10.6 Å². The van der Waals surface area contributed by atoms with Crippen molar-refractivity contribution in [3.63, 3.8) is 0 Å². The van der Waals surface area contributed by atoms with Crippen molar-refractivity contribution in [1.29, 1.82) is 0 Å². The highest BCUT2D eigenvalue weighted by Crippen LogP contribution is 2.15. The van der Waals surface area contributed by atoms with Gasteiger partial charge in [0, 0.05) is 36.4 Å². The molecule has 0 aliphatic carbocycles. The summed E-state index contributed by atoms with van der Waals surface area (Å²) in [7, 11) is 0. The van der Waals surface area contributed by atoms with E-state index in [1.165, 1.54) is 0 Å². The van der Waals surface area contributed by atoms with Crippen LogP contribution in [0.15, 0.2) is 55.0 Å². The molecule has 0 radical (unpaired) electrons. The first-order valence-corrected chi connectivity index (χ1v) is 7.96. The number of amides is 1. The largest absolute Gasteiger partial charge is 0.364 e. The number of anilines is 2. The Labute approximate surface area is 146 Å². The third kappa shape index (κ3) is 4.38. The molecule has 1 amide bonds. The van der Waals surface area contributed by atoms with Crippen LogP contribution in [0.2, 0.25) is 0 Å². The Balaban J connectivity index is 1.67. The second kappa shape index (κ2) is 7.53. The minimum Gasteiger partial charge on any atom is -0.364 e. The van der Waals surface area contributed by atoms with Crippen molar-refractivity contribution in [2.24, 2.45) is 0 Å². The molecule has 1 aromatic carbocycles. The van der Waals surface area contributed by atoms with E-state index in [4.69, 9.17) is 0 Å². The molecule has 2 heterocycles. The SMILES string of the molecule is Cc1cnc(C)c(NCc2cccc(NC(=O)c3ccncc3)c2)n1. The molecule has 25 heavy (non-hydrogen) atoms. The number of aryl methyl sites for hydroxylation is 2. The minimum absolute atomic E-state index is 0.159. The smallest absolute Gasteiger partial charge is 0.255 e. The third-order valence-electron chi connectivity index (χ3n) is 3.66. The second-order valence-corrected chi connectivity index (χ2v) is 5.69. The van der Waals surface area contributed by atoms with Gasteiger partial charge in [-0.05, 0) is 43.7 Å². The van der Waals surface area contributed by atoms with Crippen LogP contribution >= 0.6 is 0 Å². The van der Waals surface area contributed by atoms with Crippen LogP contribution in [0.3, 0.4) is 0 Å². The van der Waals surface area contributed by atoms with Gasteiger partial charge in [0.1, 0.15) is 5.82 Å². The fourth-order valence-electron chi connectivity index (χ4n) is 2.36. The van der Waals surface area contributed by atoms with Crippen LogP contribution in [-0.2, 0) is 6.54 Å². The number of aromatic nitrogens is 3. The zero-order valence-corrected chi connectivity index (χ0v) is 14.2. The maximum Gasteiger partial charge on any atom is 0.255 e. The maximum atomic E-state index is 12.2.